The molecule has 17 heavy (non-hydrogen) atoms. The fraction of sp³-hybridized carbons (Fsp3) is 0.727. The summed E-state index contributed by atoms with van der Waals surface area (Å²) in [5.41, 5.74) is 0. The zero-order valence-corrected chi connectivity index (χ0v) is 10.9. The molecule has 1 N–H and O–H groups in total. The van der Waals surface area contributed by atoms with E-state index < -0.39 is 9.84 Å². The summed E-state index contributed by atoms with van der Waals surface area (Å²) in [6.07, 6.45) is 5.29. The van der Waals surface area contributed by atoms with E-state index >= 15 is 0 Å². The number of rotatable bonds is 5. The minimum Gasteiger partial charge on any atom is -0.334 e. The smallest absolute Gasteiger partial charge is 0.150 e. The molecule has 96 valence electrons. The minimum atomic E-state index is -2.78. The summed E-state index contributed by atoms with van der Waals surface area (Å²) in [7, 11) is -0.861. The van der Waals surface area contributed by atoms with Crippen LogP contribution in [0.3, 0.4) is 0 Å². The Bertz CT molecular complexity index is 467. The third-order valence-corrected chi connectivity index (χ3v) is 5.04. The summed E-state index contributed by atoms with van der Waals surface area (Å²) in [6, 6.07) is 0. The molecule has 1 saturated heterocycles. The molecule has 1 aromatic rings. The number of hydrogen-bond donors (Lipinski definition) is 1. The SMILES string of the molecule is CNCCn1ccnc1CC1CCS(=O)(=O)C1. The lowest BCUT2D eigenvalue weighted by molar-refractivity contribution is 0.534. The summed E-state index contributed by atoms with van der Waals surface area (Å²) in [5, 5.41) is 3.10. The van der Waals surface area contributed by atoms with Crippen molar-refractivity contribution < 1.29 is 8.42 Å². The molecule has 1 aromatic heterocycles. The number of nitrogens with one attached hydrogen (secondary N) is 1. The predicted molar refractivity (Wildman–Crippen MR) is 66.6 cm³/mol. The number of nitrogens with zero attached hydrogens (tertiary/aromatic N) is 2. The molecule has 0 aliphatic carbocycles. The van der Waals surface area contributed by atoms with Crippen molar-refractivity contribution in [2.24, 2.45) is 5.92 Å². The van der Waals surface area contributed by atoms with Crippen LogP contribution in [0.15, 0.2) is 12.4 Å². The molecule has 0 saturated carbocycles. The summed E-state index contributed by atoms with van der Waals surface area (Å²) >= 11 is 0. The molecule has 0 amide bonds. The van der Waals surface area contributed by atoms with Crippen molar-refractivity contribution in [3.05, 3.63) is 18.2 Å². The molecule has 0 spiro atoms. The molecule has 0 aromatic carbocycles. The maximum absolute atomic E-state index is 11.4. The van der Waals surface area contributed by atoms with Gasteiger partial charge in [0.1, 0.15) is 5.82 Å². The van der Waals surface area contributed by atoms with Crippen molar-refractivity contribution in [3.63, 3.8) is 0 Å². The van der Waals surface area contributed by atoms with E-state index in [1.54, 1.807) is 6.20 Å². The second-order valence-corrected chi connectivity index (χ2v) is 6.84. The van der Waals surface area contributed by atoms with E-state index in [1.165, 1.54) is 0 Å². The highest BCUT2D eigenvalue weighted by molar-refractivity contribution is 7.91. The Morgan fingerprint density at radius 1 is 1.59 bits per heavy atom. The standard InChI is InChI=1S/C11H19N3O2S/c1-12-3-5-14-6-4-13-11(14)8-10-2-7-17(15,16)9-10/h4,6,10,12H,2-3,5,7-9H2,1H3. The van der Waals surface area contributed by atoms with Gasteiger partial charge < -0.3 is 9.88 Å². The van der Waals surface area contributed by atoms with Crippen LogP contribution in [-0.2, 0) is 22.8 Å². The average molecular weight is 257 g/mol. The van der Waals surface area contributed by atoms with Gasteiger partial charge in [-0.2, -0.15) is 0 Å². The Morgan fingerprint density at radius 2 is 2.41 bits per heavy atom. The fourth-order valence-electron chi connectivity index (χ4n) is 2.26. The quantitative estimate of drug-likeness (QED) is 0.811. The number of likely N-dealkylation sites (N-methyl/N-ethyl adjacent to an activating group) is 1. The average Bonchev–Trinajstić information content (AvgIpc) is 2.83. The van der Waals surface area contributed by atoms with Crippen LogP contribution in [0.4, 0.5) is 0 Å². The topological polar surface area (TPSA) is 64.0 Å². The molecule has 0 radical (unpaired) electrons. The van der Waals surface area contributed by atoms with Crippen LogP contribution in [-0.4, -0.2) is 43.1 Å². The molecular formula is C11H19N3O2S. The van der Waals surface area contributed by atoms with Crippen molar-refractivity contribution >= 4 is 9.84 Å². The van der Waals surface area contributed by atoms with Crippen LogP contribution in [0.1, 0.15) is 12.2 Å². The highest BCUT2D eigenvalue weighted by Gasteiger charge is 2.28. The molecule has 1 unspecified atom stereocenters. The van der Waals surface area contributed by atoms with E-state index in [4.69, 9.17) is 0 Å². The number of sulfone groups is 1. The van der Waals surface area contributed by atoms with Crippen molar-refractivity contribution in [1.29, 1.82) is 0 Å². The number of hydrogen-bond acceptors (Lipinski definition) is 4. The van der Waals surface area contributed by atoms with Crippen LogP contribution in [0.2, 0.25) is 0 Å². The zero-order valence-electron chi connectivity index (χ0n) is 10.1. The van der Waals surface area contributed by atoms with Gasteiger partial charge in [0, 0.05) is 31.9 Å². The lowest BCUT2D eigenvalue weighted by Crippen LogP contribution is -2.18. The van der Waals surface area contributed by atoms with Gasteiger partial charge in [-0.3, -0.25) is 0 Å². The van der Waals surface area contributed by atoms with Crippen LogP contribution >= 0.6 is 0 Å². The first-order chi connectivity index (χ1) is 8.11. The molecule has 0 bridgehead atoms. The molecule has 6 heteroatoms. The zero-order chi connectivity index (χ0) is 12.3. The molecule has 1 fully saturated rings. The second-order valence-electron chi connectivity index (χ2n) is 4.61. The molecule has 1 aliphatic rings. The van der Waals surface area contributed by atoms with E-state index in [0.29, 0.717) is 11.5 Å². The molecule has 5 nitrogen and oxygen atoms in total. The summed E-state index contributed by atoms with van der Waals surface area (Å²) in [4.78, 5) is 4.32. The van der Waals surface area contributed by atoms with Gasteiger partial charge in [0.2, 0.25) is 0 Å². The van der Waals surface area contributed by atoms with Gasteiger partial charge in [-0.05, 0) is 19.4 Å². The van der Waals surface area contributed by atoms with Gasteiger partial charge in [0.05, 0.1) is 11.5 Å². The fourth-order valence-corrected chi connectivity index (χ4v) is 4.12. The Labute approximate surface area is 102 Å². The minimum absolute atomic E-state index is 0.246. The maximum atomic E-state index is 11.4. The Balaban J connectivity index is 1.97. The highest BCUT2D eigenvalue weighted by Crippen LogP contribution is 2.21. The maximum Gasteiger partial charge on any atom is 0.150 e. The van der Waals surface area contributed by atoms with Gasteiger partial charge in [-0.1, -0.05) is 0 Å². The van der Waals surface area contributed by atoms with Crippen LogP contribution in [0, 0.1) is 5.92 Å². The first kappa shape index (κ1) is 12.6. The first-order valence-corrected chi connectivity index (χ1v) is 7.78. The summed E-state index contributed by atoms with van der Waals surface area (Å²) in [5.74, 6) is 1.92. The predicted octanol–water partition coefficient (Wildman–Crippen LogP) is 0.0797. The molecule has 1 atom stereocenters. The van der Waals surface area contributed by atoms with Gasteiger partial charge in [-0.25, -0.2) is 13.4 Å². The van der Waals surface area contributed by atoms with E-state index in [1.807, 2.05) is 13.2 Å². The molecule has 2 rings (SSSR count). The van der Waals surface area contributed by atoms with Crippen LogP contribution in [0.25, 0.3) is 0 Å². The largest absolute Gasteiger partial charge is 0.334 e. The normalized spacial score (nSPS) is 23.0. The summed E-state index contributed by atoms with van der Waals surface area (Å²) in [6.45, 7) is 1.78. The van der Waals surface area contributed by atoms with Crippen molar-refractivity contribution in [1.82, 2.24) is 14.9 Å². The lowest BCUT2D eigenvalue weighted by atomic mass is 10.1. The monoisotopic (exact) mass is 257 g/mol. The van der Waals surface area contributed by atoms with Crippen LogP contribution in [0.5, 0.6) is 0 Å². The third kappa shape index (κ3) is 3.29. The van der Waals surface area contributed by atoms with Gasteiger partial charge >= 0.3 is 0 Å². The molecule has 1 aliphatic heterocycles. The first-order valence-electron chi connectivity index (χ1n) is 5.96. The Hall–Kier alpha value is -0.880. The van der Waals surface area contributed by atoms with Crippen molar-refractivity contribution in [2.75, 3.05) is 25.1 Å². The highest BCUT2D eigenvalue weighted by atomic mass is 32.2. The second kappa shape index (κ2) is 5.18. The van der Waals surface area contributed by atoms with Gasteiger partial charge in [0.25, 0.3) is 0 Å². The lowest BCUT2D eigenvalue weighted by Gasteiger charge is -2.10. The van der Waals surface area contributed by atoms with E-state index in [-0.39, 0.29) is 5.92 Å². The Kier molecular flexibility index (Phi) is 3.83. The van der Waals surface area contributed by atoms with Crippen molar-refractivity contribution in [3.8, 4) is 0 Å². The third-order valence-electron chi connectivity index (χ3n) is 3.20. The van der Waals surface area contributed by atoms with E-state index in [0.717, 1.165) is 31.8 Å². The van der Waals surface area contributed by atoms with Crippen molar-refractivity contribution in [2.45, 2.75) is 19.4 Å². The van der Waals surface area contributed by atoms with E-state index in [9.17, 15) is 8.42 Å². The van der Waals surface area contributed by atoms with Gasteiger partial charge in [-0.15, -0.1) is 0 Å². The Morgan fingerprint density at radius 3 is 3.06 bits per heavy atom. The van der Waals surface area contributed by atoms with Crippen LogP contribution < -0.4 is 5.32 Å². The molecular weight excluding hydrogens is 238 g/mol. The summed E-state index contributed by atoms with van der Waals surface area (Å²) < 4.78 is 24.9. The van der Waals surface area contributed by atoms with E-state index in [2.05, 4.69) is 14.9 Å². The molecule has 2 heterocycles. The number of aromatic nitrogens is 2. The van der Waals surface area contributed by atoms with Gasteiger partial charge in [0.15, 0.2) is 9.84 Å². The number of imidazole rings is 1.